The largest absolute Gasteiger partial charge is 0.487 e. The standard InChI is InChI=1S/C24H35O2P/c1-23(2,3)25-16-10-15-24(4,5)26-21-13-14-22(27-17-8-9-18-27)20-12-7-6-11-19(20)21/h6-7,11-14H,8-10,15-18H2,1-5H3. The third-order valence-electron chi connectivity index (χ3n) is 5.15. The summed E-state index contributed by atoms with van der Waals surface area (Å²) in [6.07, 6.45) is 7.54. The fourth-order valence-corrected chi connectivity index (χ4v) is 6.54. The van der Waals surface area contributed by atoms with Crippen molar-refractivity contribution in [3.63, 3.8) is 0 Å². The minimum absolute atomic E-state index is 0.0195. The van der Waals surface area contributed by atoms with Gasteiger partial charge in [-0.2, -0.15) is 0 Å². The van der Waals surface area contributed by atoms with Crippen molar-refractivity contribution in [1.29, 1.82) is 0 Å². The monoisotopic (exact) mass is 386 g/mol. The Morgan fingerprint density at radius 1 is 0.889 bits per heavy atom. The molecule has 2 aromatic rings. The van der Waals surface area contributed by atoms with Gasteiger partial charge in [0.2, 0.25) is 0 Å². The maximum absolute atomic E-state index is 6.52. The normalized spacial score (nSPS) is 16.2. The van der Waals surface area contributed by atoms with Crippen LogP contribution in [0.25, 0.3) is 10.8 Å². The number of rotatable bonds is 7. The lowest BCUT2D eigenvalue weighted by atomic mass is 10.0. The van der Waals surface area contributed by atoms with Crippen molar-refractivity contribution in [3.05, 3.63) is 36.4 Å². The molecule has 0 aliphatic carbocycles. The minimum Gasteiger partial charge on any atom is -0.487 e. The van der Waals surface area contributed by atoms with Crippen LogP contribution < -0.4 is 10.0 Å². The van der Waals surface area contributed by atoms with Gasteiger partial charge < -0.3 is 9.47 Å². The predicted molar refractivity (Wildman–Crippen MR) is 119 cm³/mol. The van der Waals surface area contributed by atoms with Crippen LogP contribution in [0.2, 0.25) is 0 Å². The van der Waals surface area contributed by atoms with Gasteiger partial charge in [0.1, 0.15) is 11.4 Å². The molecule has 0 amide bonds. The van der Waals surface area contributed by atoms with E-state index in [0.717, 1.165) is 25.2 Å². The van der Waals surface area contributed by atoms with Crippen LogP contribution >= 0.6 is 7.92 Å². The second-order valence-electron chi connectivity index (χ2n) is 9.25. The zero-order valence-corrected chi connectivity index (χ0v) is 18.6. The molecule has 0 unspecified atom stereocenters. The summed E-state index contributed by atoms with van der Waals surface area (Å²) < 4.78 is 12.4. The highest BCUT2D eigenvalue weighted by molar-refractivity contribution is 7.66. The summed E-state index contributed by atoms with van der Waals surface area (Å²) in [4.78, 5) is 0. The fraction of sp³-hybridized carbons (Fsp3) is 0.583. The third-order valence-corrected chi connectivity index (χ3v) is 7.94. The second-order valence-corrected chi connectivity index (χ2v) is 11.7. The van der Waals surface area contributed by atoms with E-state index in [4.69, 9.17) is 9.47 Å². The van der Waals surface area contributed by atoms with E-state index in [2.05, 4.69) is 71.0 Å². The highest BCUT2D eigenvalue weighted by Crippen LogP contribution is 2.45. The first-order valence-electron chi connectivity index (χ1n) is 10.3. The van der Waals surface area contributed by atoms with Crippen LogP contribution in [0.15, 0.2) is 36.4 Å². The van der Waals surface area contributed by atoms with E-state index in [9.17, 15) is 0 Å². The summed E-state index contributed by atoms with van der Waals surface area (Å²) in [6.45, 7) is 11.5. The summed E-state index contributed by atoms with van der Waals surface area (Å²) in [5.41, 5.74) is -0.274. The SMILES string of the molecule is CC(C)(C)OCCCC(C)(C)Oc1ccc(P2CCCC2)c2ccccc12. The fourth-order valence-electron chi connectivity index (χ4n) is 3.80. The molecule has 1 aliphatic heterocycles. The van der Waals surface area contributed by atoms with E-state index in [0.29, 0.717) is 0 Å². The number of hydrogen-bond donors (Lipinski definition) is 0. The topological polar surface area (TPSA) is 18.5 Å². The smallest absolute Gasteiger partial charge is 0.127 e. The van der Waals surface area contributed by atoms with E-state index in [1.54, 1.807) is 5.30 Å². The molecule has 0 aromatic heterocycles. The molecule has 3 rings (SSSR count). The van der Waals surface area contributed by atoms with Gasteiger partial charge in [0.25, 0.3) is 0 Å². The van der Waals surface area contributed by atoms with Gasteiger partial charge in [-0.05, 0) is 89.4 Å². The molecule has 2 nitrogen and oxygen atoms in total. The predicted octanol–water partition coefficient (Wildman–Crippen LogP) is 6.49. The highest BCUT2D eigenvalue weighted by Gasteiger charge is 2.23. The van der Waals surface area contributed by atoms with E-state index in [1.165, 1.54) is 35.9 Å². The van der Waals surface area contributed by atoms with Crippen LogP contribution in [0, 0.1) is 0 Å². The van der Waals surface area contributed by atoms with Crippen LogP contribution in [-0.4, -0.2) is 30.1 Å². The molecule has 27 heavy (non-hydrogen) atoms. The van der Waals surface area contributed by atoms with Gasteiger partial charge in [-0.1, -0.05) is 38.3 Å². The molecular formula is C24H35O2P. The lowest BCUT2D eigenvalue weighted by molar-refractivity contribution is -0.0124. The molecule has 1 fully saturated rings. The lowest BCUT2D eigenvalue weighted by Gasteiger charge is -2.29. The molecule has 1 aliphatic rings. The van der Waals surface area contributed by atoms with Crippen LogP contribution in [0.4, 0.5) is 0 Å². The molecule has 0 atom stereocenters. The average Bonchev–Trinajstić information content (AvgIpc) is 3.12. The lowest BCUT2D eigenvalue weighted by Crippen LogP contribution is -2.29. The Balaban J connectivity index is 1.73. The Morgan fingerprint density at radius 2 is 1.56 bits per heavy atom. The van der Waals surface area contributed by atoms with E-state index in [-0.39, 0.29) is 19.1 Å². The maximum Gasteiger partial charge on any atom is 0.127 e. The van der Waals surface area contributed by atoms with Crippen molar-refractivity contribution in [2.45, 2.75) is 71.5 Å². The Morgan fingerprint density at radius 3 is 2.22 bits per heavy atom. The molecular weight excluding hydrogens is 351 g/mol. The molecule has 3 heteroatoms. The Bertz CT molecular complexity index is 755. The van der Waals surface area contributed by atoms with Crippen molar-refractivity contribution in [2.75, 3.05) is 18.9 Å². The number of benzene rings is 2. The van der Waals surface area contributed by atoms with Gasteiger partial charge in [-0.15, -0.1) is 0 Å². The number of hydrogen-bond acceptors (Lipinski definition) is 2. The van der Waals surface area contributed by atoms with Crippen molar-refractivity contribution in [1.82, 2.24) is 0 Å². The van der Waals surface area contributed by atoms with Crippen molar-refractivity contribution >= 4 is 24.0 Å². The van der Waals surface area contributed by atoms with Gasteiger partial charge >= 0.3 is 0 Å². The van der Waals surface area contributed by atoms with Crippen molar-refractivity contribution in [2.24, 2.45) is 0 Å². The van der Waals surface area contributed by atoms with E-state index >= 15 is 0 Å². The van der Waals surface area contributed by atoms with Gasteiger partial charge in [0, 0.05) is 12.0 Å². The highest BCUT2D eigenvalue weighted by atomic mass is 31.1. The van der Waals surface area contributed by atoms with Crippen molar-refractivity contribution < 1.29 is 9.47 Å². The van der Waals surface area contributed by atoms with Crippen LogP contribution in [0.3, 0.4) is 0 Å². The summed E-state index contributed by atoms with van der Waals surface area (Å²) in [7, 11) is 0.0195. The van der Waals surface area contributed by atoms with Crippen LogP contribution in [-0.2, 0) is 4.74 Å². The van der Waals surface area contributed by atoms with Gasteiger partial charge in [-0.3, -0.25) is 0 Å². The quantitative estimate of drug-likeness (QED) is 0.400. The molecule has 0 N–H and O–H groups in total. The zero-order valence-electron chi connectivity index (χ0n) is 17.7. The van der Waals surface area contributed by atoms with Crippen LogP contribution in [0.5, 0.6) is 5.75 Å². The molecule has 1 heterocycles. The molecule has 0 radical (unpaired) electrons. The molecule has 0 bridgehead atoms. The summed E-state index contributed by atoms with van der Waals surface area (Å²) in [6, 6.07) is 13.3. The Labute approximate surface area is 166 Å². The van der Waals surface area contributed by atoms with E-state index in [1.807, 2.05) is 0 Å². The first-order chi connectivity index (χ1) is 12.8. The van der Waals surface area contributed by atoms with Gasteiger partial charge in [-0.25, -0.2) is 0 Å². The van der Waals surface area contributed by atoms with E-state index < -0.39 is 0 Å². The van der Waals surface area contributed by atoms with Crippen molar-refractivity contribution in [3.8, 4) is 5.75 Å². The molecule has 2 aromatic carbocycles. The first-order valence-corrected chi connectivity index (χ1v) is 12.1. The second kappa shape index (κ2) is 8.50. The average molecular weight is 387 g/mol. The van der Waals surface area contributed by atoms with Crippen LogP contribution in [0.1, 0.15) is 60.3 Å². The molecule has 0 saturated carbocycles. The van der Waals surface area contributed by atoms with Gasteiger partial charge in [0.15, 0.2) is 0 Å². The number of fused-ring (bicyclic) bond motifs is 1. The molecule has 148 valence electrons. The Hall–Kier alpha value is -1.11. The summed E-state index contributed by atoms with van der Waals surface area (Å²) >= 11 is 0. The van der Waals surface area contributed by atoms with Gasteiger partial charge in [0.05, 0.1) is 5.60 Å². The number of ether oxygens (including phenoxy) is 2. The summed E-state index contributed by atoms with van der Waals surface area (Å²) in [5.74, 6) is 1.02. The Kier molecular flexibility index (Phi) is 6.49. The summed E-state index contributed by atoms with van der Waals surface area (Å²) in [5, 5.41) is 4.24. The first kappa shape index (κ1) is 20.6. The zero-order chi connectivity index (χ0) is 19.5. The maximum atomic E-state index is 6.52. The molecule has 0 spiro atoms. The molecule has 1 saturated heterocycles. The third kappa shape index (κ3) is 5.69. The minimum atomic E-state index is -0.204.